The lowest BCUT2D eigenvalue weighted by Crippen LogP contribution is -2.24. The lowest BCUT2D eigenvalue weighted by atomic mass is 9.99. The summed E-state index contributed by atoms with van der Waals surface area (Å²) in [6.45, 7) is 1.64. The van der Waals surface area contributed by atoms with Crippen LogP contribution in [0.15, 0.2) is 70.5 Å². The lowest BCUT2D eigenvalue weighted by Gasteiger charge is -2.18. The molecule has 1 aliphatic rings. The van der Waals surface area contributed by atoms with Crippen molar-refractivity contribution in [1.82, 2.24) is 0 Å². The molecule has 0 spiro atoms. The van der Waals surface area contributed by atoms with E-state index < -0.39 is 25.6 Å². The molecule has 202 valence electrons. The topological polar surface area (TPSA) is 107 Å². The maximum atomic E-state index is 13.2. The maximum Gasteiger partial charge on any atom is 0.234 e. The number of anilines is 1. The predicted molar refractivity (Wildman–Crippen MR) is 150 cm³/mol. The molecule has 1 aliphatic carbocycles. The van der Waals surface area contributed by atoms with Crippen LogP contribution in [-0.4, -0.2) is 47.5 Å². The first-order valence-corrected chi connectivity index (χ1v) is 15.9. The Morgan fingerprint density at radius 3 is 2.00 bits per heavy atom. The molecule has 38 heavy (non-hydrogen) atoms. The van der Waals surface area contributed by atoms with Gasteiger partial charge in [-0.1, -0.05) is 54.4 Å². The minimum atomic E-state index is -3.36. The van der Waals surface area contributed by atoms with E-state index in [0.717, 1.165) is 0 Å². The number of amides is 1. The highest BCUT2D eigenvalue weighted by Gasteiger charge is 2.36. The van der Waals surface area contributed by atoms with E-state index >= 15 is 0 Å². The van der Waals surface area contributed by atoms with Gasteiger partial charge in [-0.3, -0.25) is 4.79 Å². The van der Waals surface area contributed by atoms with E-state index in [1.165, 1.54) is 19.2 Å². The molecule has 0 bridgehead atoms. The average molecular weight is 597 g/mol. The van der Waals surface area contributed by atoms with E-state index in [0.29, 0.717) is 35.2 Å². The summed E-state index contributed by atoms with van der Waals surface area (Å²) in [5, 5.41) is 3.07. The number of nitrogens with one attached hydrogen (secondary N) is 1. The van der Waals surface area contributed by atoms with Crippen LogP contribution in [0.1, 0.15) is 31.2 Å². The number of methoxy groups -OCH3 is 1. The quantitative estimate of drug-likeness (QED) is 0.319. The molecule has 1 atom stereocenters. The van der Waals surface area contributed by atoms with Gasteiger partial charge in [-0.05, 0) is 60.4 Å². The van der Waals surface area contributed by atoms with E-state index in [4.69, 9.17) is 27.9 Å². The van der Waals surface area contributed by atoms with Gasteiger partial charge in [0.25, 0.3) is 0 Å². The Kier molecular flexibility index (Phi) is 8.54. The molecule has 4 rings (SSSR count). The Balaban J connectivity index is 1.55. The van der Waals surface area contributed by atoms with Crippen LogP contribution in [-0.2, 0) is 29.2 Å². The first kappa shape index (κ1) is 28.6. The molecular formula is C27H27Cl2NO6S2. The van der Waals surface area contributed by atoms with Crippen molar-refractivity contribution in [3.8, 4) is 11.1 Å². The zero-order chi connectivity index (χ0) is 27.7. The molecule has 0 aromatic heterocycles. The first-order chi connectivity index (χ1) is 18.0. The summed E-state index contributed by atoms with van der Waals surface area (Å²) in [4.78, 5) is 13.6. The van der Waals surface area contributed by atoms with Crippen LogP contribution in [0.3, 0.4) is 0 Å². The number of carbonyl (C=O) groups excluding carboxylic acids is 1. The number of sulfone groups is 2. The standard InChI is InChI=1S/C27H27Cl2NO6S2/c1-3-37(32,33)20-8-4-17(5-9-20)23(16-36-2)27(31)30-19-14-24(28)26(25(29)15-19)18-6-10-21(11-7-18)38(34,35)22-12-13-22/h4-11,14-15,22-23H,3,12-13,16H2,1-2H3,(H,30,31)/t23-/m0/s1. The molecule has 11 heteroatoms. The molecule has 1 saturated carbocycles. The second kappa shape index (κ2) is 11.4. The van der Waals surface area contributed by atoms with E-state index in [-0.39, 0.29) is 43.4 Å². The number of hydrogen-bond donors (Lipinski definition) is 1. The number of hydrogen-bond acceptors (Lipinski definition) is 6. The van der Waals surface area contributed by atoms with Gasteiger partial charge in [-0.25, -0.2) is 16.8 Å². The molecule has 1 fully saturated rings. The van der Waals surface area contributed by atoms with Crippen molar-refractivity contribution < 1.29 is 26.4 Å². The second-order valence-electron chi connectivity index (χ2n) is 9.05. The van der Waals surface area contributed by atoms with E-state index in [1.807, 2.05) is 0 Å². The van der Waals surface area contributed by atoms with Crippen LogP contribution >= 0.6 is 23.2 Å². The van der Waals surface area contributed by atoms with Gasteiger partial charge in [0.15, 0.2) is 19.7 Å². The Morgan fingerprint density at radius 2 is 1.50 bits per heavy atom. The molecule has 0 heterocycles. The first-order valence-electron chi connectivity index (χ1n) is 11.9. The van der Waals surface area contributed by atoms with Crippen molar-refractivity contribution in [2.24, 2.45) is 0 Å². The largest absolute Gasteiger partial charge is 0.384 e. The summed E-state index contributed by atoms with van der Waals surface area (Å²) >= 11 is 13.1. The fraction of sp³-hybridized carbons (Fsp3) is 0.296. The van der Waals surface area contributed by atoms with Gasteiger partial charge in [-0.15, -0.1) is 0 Å². The van der Waals surface area contributed by atoms with Crippen LogP contribution < -0.4 is 5.32 Å². The zero-order valence-corrected chi connectivity index (χ0v) is 23.9. The fourth-order valence-corrected chi connectivity index (χ4v) is 7.34. The highest BCUT2D eigenvalue weighted by atomic mass is 35.5. The molecule has 3 aromatic carbocycles. The summed E-state index contributed by atoms with van der Waals surface area (Å²) < 4.78 is 54.4. The summed E-state index contributed by atoms with van der Waals surface area (Å²) in [6.07, 6.45) is 1.37. The van der Waals surface area contributed by atoms with Crippen LogP contribution in [0.4, 0.5) is 5.69 Å². The smallest absolute Gasteiger partial charge is 0.234 e. The van der Waals surface area contributed by atoms with Gasteiger partial charge >= 0.3 is 0 Å². The molecule has 1 N–H and O–H groups in total. The van der Waals surface area contributed by atoms with E-state index in [9.17, 15) is 21.6 Å². The van der Waals surface area contributed by atoms with Crippen LogP contribution in [0.5, 0.6) is 0 Å². The minimum Gasteiger partial charge on any atom is -0.384 e. The molecule has 0 unspecified atom stereocenters. The summed E-state index contributed by atoms with van der Waals surface area (Å²) in [7, 11) is -5.19. The van der Waals surface area contributed by atoms with Crippen LogP contribution in [0.25, 0.3) is 11.1 Å². The zero-order valence-electron chi connectivity index (χ0n) is 20.8. The number of ether oxygens (including phenoxy) is 1. The summed E-state index contributed by atoms with van der Waals surface area (Å²) in [5.74, 6) is -1.11. The third kappa shape index (κ3) is 6.07. The van der Waals surface area contributed by atoms with Crippen molar-refractivity contribution in [1.29, 1.82) is 0 Å². The second-order valence-corrected chi connectivity index (χ2v) is 14.4. The number of halogens is 2. The molecule has 0 saturated heterocycles. The fourth-order valence-electron chi connectivity index (χ4n) is 4.10. The van der Waals surface area contributed by atoms with Gasteiger partial charge in [0.2, 0.25) is 5.91 Å². The molecule has 7 nitrogen and oxygen atoms in total. The average Bonchev–Trinajstić information content (AvgIpc) is 3.74. The lowest BCUT2D eigenvalue weighted by molar-refractivity contribution is -0.118. The van der Waals surface area contributed by atoms with Gasteiger partial charge in [-0.2, -0.15) is 0 Å². The summed E-state index contributed by atoms with van der Waals surface area (Å²) in [6, 6.07) is 15.7. The van der Waals surface area contributed by atoms with Crippen LogP contribution in [0.2, 0.25) is 10.0 Å². The minimum absolute atomic E-state index is 0.0183. The monoisotopic (exact) mass is 595 g/mol. The van der Waals surface area contributed by atoms with Crippen molar-refractivity contribution in [2.75, 3.05) is 24.8 Å². The molecule has 3 aromatic rings. The Bertz CT molecular complexity index is 1530. The number of carbonyl (C=O) groups is 1. The SMILES string of the molecule is CCS(=O)(=O)c1ccc([C@H](COC)C(=O)Nc2cc(Cl)c(-c3ccc(S(=O)(=O)C4CC4)cc3)c(Cl)c2)cc1. The number of rotatable bonds is 10. The van der Waals surface area contributed by atoms with Crippen molar-refractivity contribution in [3.63, 3.8) is 0 Å². The Labute approximate surface area is 233 Å². The van der Waals surface area contributed by atoms with Crippen LogP contribution in [0, 0.1) is 0 Å². The Morgan fingerprint density at radius 1 is 0.947 bits per heavy atom. The van der Waals surface area contributed by atoms with Crippen molar-refractivity contribution in [2.45, 2.75) is 40.7 Å². The predicted octanol–water partition coefficient (Wildman–Crippen LogP) is 5.76. The van der Waals surface area contributed by atoms with E-state index in [1.54, 1.807) is 55.5 Å². The summed E-state index contributed by atoms with van der Waals surface area (Å²) in [5.41, 5.74) is 2.12. The van der Waals surface area contributed by atoms with Gasteiger partial charge in [0.1, 0.15) is 0 Å². The number of benzene rings is 3. The molecule has 0 radical (unpaired) electrons. The third-order valence-electron chi connectivity index (χ3n) is 6.42. The molecular weight excluding hydrogens is 569 g/mol. The van der Waals surface area contributed by atoms with Gasteiger partial charge < -0.3 is 10.1 Å². The van der Waals surface area contributed by atoms with E-state index in [2.05, 4.69) is 5.32 Å². The van der Waals surface area contributed by atoms with Gasteiger partial charge in [0.05, 0.1) is 43.4 Å². The Hall–Kier alpha value is -2.43. The molecule has 1 amide bonds. The van der Waals surface area contributed by atoms with Gasteiger partial charge in [0, 0.05) is 18.4 Å². The highest BCUT2D eigenvalue weighted by molar-refractivity contribution is 7.92. The third-order valence-corrected chi connectivity index (χ3v) is 11.0. The molecule has 0 aliphatic heterocycles. The maximum absolute atomic E-state index is 13.2. The normalized spacial score (nSPS) is 14.7. The van der Waals surface area contributed by atoms with Crippen molar-refractivity contribution in [3.05, 3.63) is 76.3 Å². The van der Waals surface area contributed by atoms with Crippen molar-refractivity contribution >= 4 is 54.5 Å². The highest BCUT2D eigenvalue weighted by Crippen LogP contribution is 2.39.